The molecule has 2 aliphatic rings. The molecular weight excluding hydrogens is 515 g/mol. The van der Waals surface area contributed by atoms with Crippen molar-refractivity contribution in [1.82, 2.24) is 20.5 Å². The van der Waals surface area contributed by atoms with Gasteiger partial charge in [0.2, 0.25) is 11.8 Å². The number of carbonyl (C=O) groups is 5. The molecule has 1 aromatic heterocycles. The zero-order chi connectivity index (χ0) is 27.4. The number of aromatic nitrogens is 1. The minimum atomic E-state index is -1.24. The number of rotatable bonds is 4. The molecule has 0 aliphatic carbocycles. The van der Waals surface area contributed by atoms with Gasteiger partial charge in [-0.05, 0) is 44.5 Å². The van der Waals surface area contributed by atoms with Crippen LogP contribution in [0.2, 0.25) is 0 Å². The van der Waals surface area contributed by atoms with Crippen molar-refractivity contribution in [2.75, 3.05) is 5.32 Å². The number of hydrogen-bond acceptors (Lipinski definition) is 8. The number of piperidine rings is 1. The molecule has 6 amide bonds. The largest absolute Gasteiger partial charge is 0.326 e. The van der Waals surface area contributed by atoms with E-state index in [0.29, 0.717) is 21.0 Å². The number of nitrogens with one attached hydrogen (secondary N) is 3. The topological polar surface area (TPSA) is 161 Å². The van der Waals surface area contributed by atoms with Crippen LogP contribution in [0.5, 0.6) is 0 Å². The van der Waals surface area contributed by atoms with Crippen LogP contribution in [0.15, 0.2) is 30.3 Å². The lowest BCUT2D eigenvalue weighted by Crippen LogP contribution is -2.54. The van der Waals surface area contributed by atoms with E-state index in [4.69, 9.17) is 0 Å². The molecule has 1 atom stereocenters. The number of fused-ring (bicyclic) bond motifs is 2. The summed E-state index contributed by atoms with van der Waals surface area (Å²) < 4.78 is 16.2. The Hall–Kier alpha value is -4.70. The first-order valence-electron chi connectivity index (χ1n) is 11.4. The SMILES string of the molecule is CC(C)(NC(=O)Nc1ccc2c(c1F)C(=O)N(C1CCC(=O)NC1=O)C2=O)c1nc2c(C#N)cccc2s1. The Labute approximate surface area is 218 Å². The van der Waals surface area contributed by atoms with Crippen LogP contribution in [0.4, 0.5) is 14.9 Å². The molecule has 1 saturated heterocycles. The fourth-order valence-corrected chi connectivity index (χ4v) is 5.46. The summed E-state index contributed by atoms with van der Waals surface area (Å²) in [5.74, 6) is -4.34. The van der Waals surface area contributed by atoms with Gasteiger partial charge in [0.25, 0.3) is 11.8 Å². The molecule has 0 saturated carbocycles. The van der Waals surface area contributed by atoms with Gasteiger partial charge in [-0.2, -0.15) is 5.26 Å². The number of nitrogens with zero attached hydrogens (tertiary/aromatic N) is 3. The van der Waals surface area contributed by atoms with Crippen LogP contribution in [0.25, 0.3) is 10.2 Å². The number of amides is 6. The van der Waals surface area contributed by atoms with E-state index in [1.165, 1.54) is 17.4 Å². The maximum Gasteiger partial charge on any atom is 0.320 e. The van der Waals surface area contributed by atoms with E-state index in [1.807, 2.05) is 6.07 Å². The molecule has 0 bridgehead atoms. The number of halogens is 1. The summed E-state index contributed by atoms with van der Waals surface area (Å²) in [5, 5.41) is 17.0. The Kier molecular flexibility index (Phi) is 5.91. The molecule has 3 aromatic rings. The molecule has 13 heteroatoms. The Balaban J connectivity index is 1.36. The third-order valence-corrected chi connectivity index (χ3v) is 7.64. The first kappa shape index (κ1) is 25.0. The zero-order valence-electron chi connectivity index (χ0n) is 20.0. The van der Waals surface area contributed by atoms with Crippen molar-refractivity contribution in [3.05, 3.63) is 57.8 Å². The second-order valence-electron chi connectivity index (χ2n) is 9.28. The molecule has 0 radical (unpaired) electrons. The summed E-state index contributed by atoms with van der Waals surface area (Å²) in [6.45, 7) is 3.38. The highest BCUT2D eigenvalue weighted by molar-refractivity contribution is 7.18. The summed E-state index contributed by atoms with van der Waals surface area (Å²) in [6, 6.07) is 7.58. The lowest BCUT2D eigenvalue weighted by Gasteiger charge is -2.27. The maximum absolute atomic E-state index is 15.4. The van der Waals surface area contributed by atoms with E-state index in [0.717, 1.165) is 10.8 Å². The van der Waals surface area contributed by atoms with Crippen LogP contribution in [-0.4, -0.2) is 45.6 Å². The summed E-state index contributed by atoms with van der Waals surface area (Å²) in [5.41, 5.74) is -1.26. The first-order valence-corrected chi connectivity index (χ1v) is 12.3. The molecule has 3 N–H and O–H groups in total. The van der Waals surface area contributed by atoms with Gasteiger partial charge in [0.15, 0.2) is 5.82 Å². The van der Waals surface area contributed by atoms with Crippen molar-refractivity contribution in [3.8, 4) is 6.07 Å². The quantitative estimate of drug-likeness (QED) is 0.434. The third kappa shape index (κ3) is 4.04. The molecule has 3 heterocycles. The molecule has 2 aliphatic heterocycles. The molecule has 11 nitrogen and oxygen atoms in total. The predicted octanol–water partition coefficient (Wildman–Crippen LogP) is 2.77. The van der Waals surface area contributed by atoms with E-state index in [2.05, 4.69) is 27.0 Å². The maximum atomic E-state index is 15.4. The number of carbonyl (C=O) groups excluding carboxylic acids is 5. The first-order chi connectivity index (χ1) is 18.0. The number of nitriles is 1. The molecule has 38 heavy (non-hydrogen) atoms. The van der Waals surface area contributed by atoms with E-state index in [9.17, 15) is 29.2 Å². The summed E-state index contributed by atoms with van der Waals surface area (Å²) >= 11 is 1.30. The monoisotopic (exact) mass is 534 g/mol. The molecule has 1 unspecified atom stereocenters. The van der Waals surface area contributed by atoms with Gasteiger partial charge in [-0.3, -0.25) is 29.4 Å². The number of para-hydroxylation sites is 1. The van der Waals surface area contributed by atoms with Crippen molar-refractivity contribution in [3.63, 3.8) is 0 Å². The Morgan fingerprint density at radius 3 is 2.68 bits per heavy atom. The van der Waals surface area contributed by atoms with Crippen molar-refractivity contribution in [2.24, 2.45) is 0 Å². The fourth-order valence-electron chi connectivity index (χ4n) is 4.41. The molecule has 1 fully saturated rings. The van der Waals surface area contributed by atoms with Crippen molar-refractivity contribution >= 4 is 56.9 Å². The predicted molar refractivity (Wildman–Crippen MR) is 133 cm³/mol. The number of anilines is 1. The highest BCUT2D eigenvalue weighted by Crippen LogP contribution is 2.34. The summed E-state index contributed by atoms with van der Waals surface area (Å²) in [6.07, 6.45) is -0.135. The Morgan fingerprint density at radius 1 is 1.21 bits per heavy atom. The minimum absolute atomic E-state index is 0.0675. The Morgan fingerprint density at radius 2 is 1.97 bits per heavy atom. The second kappa shape index (κ2) is 9.00. The van der Waals surface area contributed by atoms with Gasteiger partial charge in [-0.1, -0.05) is 6.07 Å². The van der Waals surface area contributed by atoms with E-state index >= 15 is 4.39 Å². The lowest BCUT2D eigenvalue weighted by molar-refractivity contribution is -0.136. The normalized spacial score (nSPS) is 17.3. The highest BCUT2D eigenvalue weighted by atomic mass is 32.1. The molecule has 5 rings (SSSR count). The highest BCUT2D eigenvalue weighted by Gasteiger charge is 2.46. The summed E-state index contributed by atoms with van der Waals surface area (Å²) in [4.78, 5) is 67.4. The summed E-state index contributed by atoms with van der Waals surface area (Å²) in [7, 11) is 0. The van der Waals surface area contributed by atoms with Crippen LogP contribution in [0.1, 0.15) is 58.0 Å². The molecule has 0 spiro atoms. The van der Waals surface area contributed by atoms with Gasteiger partial charge in [0.05, 0.1) is 38.1 Å². The van der Waals surface area contributed by atoms with Crippen LogP contribution in [0, 0.1) is 17.1 Å². The van der Waals surface area contributed by atoms with E-state index in [-0.39, 0.29) is 24.1 Å². The Bertz CT molecular complexity index is 1620. The molecule has 2 aromatic carbocycles. The van der Waals surface area contributed by atoms with Crippen LogP contribution >= 0.6 is 11.3 Å². The van der Waals surface area contributed by atoms with Crippen LogP contribution in [0.3, 0.4) is 0 Å². The van der Waals surface area contributed by atoms with Gasteiger partial charge in [0, 0.05) is 6.42 Å². The molecule has 192 valence electrons. The second-order valence-corrected chi connectivity index (χ2v) is 10.3. The smallest absolute Gasteiger partial charge is 0.320 e. The number of thiazole rings is 1. The van der Waals surface area contributed by atoms with Gasteiger partial charge in [0.1, 0.15) is 17.1 Å². The average Bonchev–Trinajstić information content (AvgIpc) is 3.41. The zero-order valence-corrected chi connectivity index (χ0v) is 20.9. The molecular formula is C25H19FN6O5S. The standard InChI is InChI=1S/C25H19FN6O5S/c1-25(2,23-30-19-11(10-27)4-3-5-15(19)38-23)31-24(37)28-13-7-6-12-17(18(13)26)22(36)32(21(12)35)14-8-9-16(33)29-20(14)34/h3-7,14H,8-9H2,1-2H3,(H2,28,31,37)(H,29,33,34). The third-order valence-electron chi connectivity index (χ3n) is 6.29. The van der Waals surface area contributed by atoms with Gasteiger partial charge in [-0.25, -0.2) is 14.2 Å². The lowest BCUT2D eigenvalue weighted by atomic mass is 10.0. The van der Waals surface area contributed by atoms with E-state index in [1.54, 1.807) is 26.0 Å². The van der Waals surface area contributed by atoms with Gasteiger partial charge >= 0.3 is 6.03 Å². The van der Waals surface area contributed by atoms with Gasteiger partial charge < -0.3 is 10.6 Å². The number of imide groups is 2. The minimum Gasteiger partial charge on any atom is -0.326 e. The van der Waals surface area contributed by atoms with Crippen molar-refractivity contribution in [2.45, 2.75) is 38.3 Å². The van der Waals surface area contributed by atoms with Crippen LogP contribution in [-0.2, 0) is 15.1 Å². The van der Waals surface area contributed by atoms with Crippen molar-refractivity contribution < 1.29 is 28.4 Å². The van der Waals surface area contributed by atoms with Crippen LogP contribution < -0.4 is 16.0 Å². The fraction of sp³-hybridized carbons (Fsp3) is 0.240. The average molecular weight is 535 g/mol. The number of benzene rings is 2. The van der Waals surface area contributed by atoms with Crippen molar-refractivity contribution in [1.29, 1.82) is 5.26 Å². The van der Waals surface area contributed by atoms with Gasteiger partial charge in [-0.15, -0.1) is 11.3 Å². The number of urea groups is 1. The number of hydrogen-bond donors (Lipinski definition) is 3. The van der Waals surface area contributed by atoms with E-state index < -0.39 is 52.6 Å².